The molecule has 252 valence electrons. The van der Waals surface area contributed by atoms with E-state index in [9.17, 15) is 32.4 Å². The van der Waals surface area contributed by atoms with Gasteiger partial charge in [0.2, 0.25) is 17.6 Å². The molecule has 0 aromatic heterocycles. The number of carbonyl (C=O) groups excluding carboxylic acids is 5. The fraction of sp³-hybridized carbons (Fsp3) is 0.844. The fourth-order valence-corrected chi connectivity index (χ4v) is 10.0. The van der Waals surface area contributed by atoms with Crippen molar-refractivity contribution in [1.82, 2.24) is 20.9 Å². The lowest BCUT2D eigenvalue weighted by Crippen LogP contribution is -2.63. The molecule has 5 aliphatic rings. The van der Waals surface area contributed by atoms with Crippen LogP contribution >= 0.6 is 0 Å². The first-order valence-electron chi connectivity index (χ1n) is 16.8. The minimum absolute atomic E-state index is 0.0898. The second kappa shape index (κ2) is 12.8. The molecule has 0 aromatic carbocycles. The number of sulfone groups is 1. The van der Waals surface area contributed by atoms with E-state index in [1.165, 1.54) is 6.26 Å². The number of amides is 5. The van der Waals surface area contributed by atoms with Gasteiger partial charge in [-0.25, -0.2) is 13.2 Å². The maximum absolute atomic E-state index is 14.5. The van der Waals surface area contributed by atoms with Crippen LogP contribution in [0.3, 0.4) is 0 Å². The Kier molecular flexibility index (Phi) is 9.60. The van der Waals surface area contributed by atoms with Gasteiger partial charge in [-0.3, -0.25) is 19.2 Å². The number of nitrogens with two attached hydrogens (primary N) is 1. The molecule has 5 atom stereocenters. The van der Waals surface area contributed by atoms with E-state index in [1.54, 1.807) is 4.90 Å². The van der Waals surface area contributed by atoms with Crippen molar-refractivity contribution in [1.29, 1.82) is 0 Å². The molecule has 13 heteroatoms. The lowest BCUT2D eigenvalue weighted by atomic mass is 9.82. The SMILES string of the molecule is CC1(C)C2CN(C(=O)[C@@H](NC(=O)NC3(CS(C)(=O)=O)CCCCC3)C3CCCCC3)[C@H](C(=O)NC(CC3CC3)C(=O)C(N)=O)[C@H]21. The molecular formula is C32H51N5O7S. The Morgan fingerprint density at radius 3 is 2.11 bits per heavy atom. The summed E-state index contributed by atoms with van der Waals surface area (Å²) in [6.45, 7) is 4.49. The Morgan fingerprint density at radius 2 is 1.53 bits per heavy atom. The number of likely N-dealkylation sites (tertiary alicyclic amines) is 1. The van der Waals surface area contributed by atoms with Gasteiger partial charge in [0.15, 0.2) is 0 Å². The molecule has 4 saturated carbocycles. The van der Waals surface area contributed by atoms with E-state index in [0.29, 0.717) is 25.8 Å². The first kappa shape index (κ1) is 33.7. The maximum atomic E-state index is 14.5. The second-order valence-electron chi connectivity index (χ2n) is 15.2. The van der Waals surface area contributed by atoms with Crippen LogP contribution in [0.2, 0.25) is 0 Å². The molecule has 12 nitrogen and oxygen atoms in total. The average molecular weight is 650 g/mol. The highest BCUT2D eigenvalue weighted by Crippen LogP contribution is 2.65. The van der Waals surface area contributed by atoms with Crippen molar-refractivity contribution in [3.63, 3.8) is 0 Å². The highest BCUT2D eigenvalue weighted by Gasteiger charge is 2.69. The number of Topliss-reactive ketones (excluding diaryl/α,β-unsaturated/α-hetero) is 1. The summed E-state index contributed by atoms with van der Waals surface area (Å²) in [5.74, 6) is -2.79. The summed E-state index contributed by atoms with van der Waals surface area (Å²) in [5, 5.41) is 8.73. The normalized spacial score (nSPS) is 28.7. The summed E-state index contributed by atoms with van der Waals surface area (Å²) in [6, 6.07) is -3.31. The third-order valence-electron chi connectivity index (χ3n) is 11.3. The number of rotatable bonds is 12. The molecule has 0 aromatic rings. The topological polar surface area (TPSA) is 185 Å². The van der Waals surface area contributed by atoms with Crippen LogP contribution < -0.4 is 21.7 Å². The van der Waals surface area contributed by atoms with Gasteiger partial charge in [0, 0.05) is 12.8 Å². The fourth-order valence-electron chi connectivity index (χ4n) is 8.64. The molecule has 5 fully saturated rings. The van der Waals surface area contributed by atoms with Crippen LogP contribution in [-0.4, -0.2) is 85.1 Å². The number of ketones is 1. The van der Waals surface area contributed by atoms with Gasteiger partial charge in [0.05, 0.1) is 17.3 Å². The standard InChI is InChI=1S/C32H51N5O7S/c1-31(2)21-17-37(25(23(21)31)28(40)34-22(16-19-12-13-19)26(38)27(33)39)29(41)24(20-10-6-4-7-11-20)35-30(42)36-32(18-45(3,43)44)14-8-5-9-15-32/h19-25H,4-18H2,1-3H3,(H2,33,39)(H,34,40)(H2,35,36,42)/t21?,22?,23-,24-,25-/m0/s1. The van der Waals surface area contributed by atoms with Crippen LogP contribution in [0.5, 0.6) is 0 Å². The van der Waals surface area contributed by atoms with Gasteiger partial charge in [0.25, 0.3) is 5.91 Å². The van der Waals surface area contributed by atoms with Gasteiger partial charge in [-0.05, 0) is 61.2 Å². The van der Waals surface area contributed by atoms with Crippen LogP contribution in [-0.2, 0) is 29.0 Å². The van der Waals surface area contributed by atoms with Gasteiger partial charge in [-0.2, -0.15) is 0 Å². The lowest BCUT2D eigenvalue weighted by Gasteiger charge is -2.40. The third kappa shape index (κ3) is 7.65. The molecule has 1 saturated heterocycles. The van der Waals surface area contributed by atoms with Crippen molar-refractivity contribution in [2.75, 3.05) is 18.6 Å². The van der Waals surface area contributed by atoms with Crippen molar-refractivity contribution < 1.29 is 32.4 Å². The van der Waals surface area contributed by atoms with E-state index >= 15 is 0 Å². The van der Waals surface area contributed by atoms with E-state index < -0.39 is 57.1 Å². The quantitative estimate of drug-likeness (QED) is 0.232. The van der Waals surface area contributed by atoms with Crippen LogP contribution in [0.25, 0.3) is 0 Å². The van der Waals surface area contributed by atoms with E-state index in [2.05, 4.69) is 29.8 Å². The first-order valence-corrected chi connectivity index (χ1v) is 18.9. The van der Waals surface area contributed by atoms with Crippen LogP contribution in [0, 0.1) is 29.1 Å². The zero-order valence-electron chi connectivity index (χ0n) is 26.9. The summed E-state index contributed by atoms with van der Waals surface area (Å²) >= 11 is 0. The number of primary amides is 1. The van der Waals surface area contributed by atoms with Crippen LogP contribution in [0.4, 0.5) is 4.79 Å². The summed E-state index contributed by atoms with van der Waals surface area (Å²) in [4.78, 5) is 68.0. The first-order chi connectivity index (χ1) is 21.1. The zero-order valence-corrected chi connectivity index (χ0v) is 27.8. The molecule has 1 heterocycles. The predicted octanol–water partition coefficient (Wildman–Crippen LogP) is 1.80. The van der Waals surface area contributed by atoms with Gasteiger partial charge < -0.3 is 26.6 Å². The summed E-state index contributed by atoms with van der Waals surface area (Å²) in [5.41, 5.74) is 4.25. The smallest absolute Gasteiger partial charge is 0.315 e. The van der Waals surface area contributed by atoms with Crippen molar-refractivity contribution in [3.8, 4) is 0 Å². The summed E-state index contributed by atoms with van der Waals surface area (Å²) in [7, 11) is -3.38. The number of urea groups is 1. The molecule has 45 heavy (non-hydrogen) atoms. The number of hydrogen-bond acceptors (Lipinski definition) is 7. The van der Waals surface area contributed by atoms with Gasteiger partial charge in [0.1, 0.15) is 21.9 Å². The Bertz CT molecular complexity index is 1300. The molecule has 0 bridgehead atoms. The average Bonchev–Trinajstić information content (AvgIpc) is 3.82. The maximum Gasteiger partial charge on any atom is 0.315 e. The van der Waals surface area contributed by atoms with Gasteiger partial charge in [-0.15, -0.1) is 0 Å². The van der Waals surface area contributed by atoms with Gasteiger partial charge in [-0.1, -0.05) is 65.2 Å². The molecule has 0 spiro atoms. The van der Waals surface area contributed by atoms with E-state index in [-0.39, 0.29) is 40.7 Å². The monoisotopic (exact) mass is 649 g/mol. The van der Waals surface area contributed by atoms with Crippen molar-refractivity contribution >= 4 is 39.4 Å². The number of fused-ring (bicyclic) bond motifs is 1. The Hall–Kier alpha value is -2.70. The predicted molar refractivity (Wildman–Crippen MR) is 167 cm³/mol. The molecule has 4 aliphatic carbocycles. The van der Waals surface area contributed by atoms with Crippen molar-refractivity contribution in [2.45, 2.75) is 121 Å². The van der Waals surface area contributed by atoms with Crippen LogP contribution in [0.15, 0.2) is 0 Å². The zero-order chi connectivity index (χ0) is 32.7. The third-order valence-corrected chi connectivity index (χ3v) is 12.4. The van der Waals surface area contributed by atoms with Crippen LogP contribution in [0.1, 0.15) is 97.3 Å². The molecule has 1 aliphatic heterocycles. The highest BCUT2D eigenvalue weighted by atomic mass is 32.2. The Morgan fingerprint density at radius 1 is 0.911 bits per heavy atom. The van der Waals surface area contributed by atoms with E-state index in [4.69, 9.17) is 5.73 Å². The summed E-state index contributed by atoms with van der Waals surface area (Å²) in [6.07, 6.45) is 11.5. The van der Waals surface area contributed by atoms with E-state index in [0.717, 1.165) is 64.2 Å². The highest BCUT2D eigenvalue weighted by molar-refractivity contribution is 7.90. The number of piperidine rings is 1. The summed E-state index contributed by atoms with van der Waals surface area (Å²) < 4.78 is 24.7. The molecule has 0 radical (unpaired) electrons. The second-order valence-corrected chi connectivity index (χ2v) is 17.4. The molecule has 5 N–H and O–H groups in total. The van der Waals surface area contributed by atoms with Gasteiger partial charge >= 0.3 is 6.03 Å². The lowest BCUT2D eigenvalue weighted by molar-refractivity contribution is -0.144. The Labute approximate surface area is 266 Å². The number of hydrogen-bond donors (Lipinski definition) is 4. The molecule has 5 rings (SSSR count). The minimum Gasteiger partial charge on any atom is -0.363 e. The number of nitrogens with zero attached hydrogens (tertiary/aromatic N) is 1. The van der Waals surface area contributed by atoms with Crippen molar-refractivity contribution in [2.24, 2.45) is 34.8 Å². The Balaban J connectivity index is 1.36. The molecular weight excluding hydrogens is 598 g/mol. The molecule has 2 unspecified atom stereocenters. The number of carbonyl (C=O) groups is 5. The molecule has 5 amide bonds. The minimum atomic E-state index is -3.38. The number of nitrogens with one attached hydrogen (secondary N) is 3. The largest absolute Gasteiger partial charge is 0.363 e. The van der Waals surface area contributed by atoms with Crippen molar-refractivity contribution in [3.05, 3.63) is 0 Å². The van der Waals surface area contributed by atoms with E-state index in [1.807, 2.05) is 0 Å².